The Hall–Kier alpha value is -2.89. The van der Waals surface area contributed by atoms with Crippen molar-refractivity contribution in [1.82, 2.24) is 24.6 Å². The molecule has 3 rings (SSSR count). The lowest BCUT2D eigenvalue weighted by Gasteiger charge is -2.28. The molecule has 12 heteroatoms. The zero-order valence-electron chi connectivity index (χ0n) is 15.4. The summed E-state index contributed by atoms with van der Waals surface area (Å²) in [4.78, 5) is 28.2. The molecule has 0 spiro atoms. The van der Waals surface area contributed by atoms with Gasteiger partial charge in [-0.1, -0.05) is 12.2 Å². The second-order valence-corrected chi connectivity index (χ2v) is 5.94. The Bertz CT molecular complexity index is 913. The molecule has 2 N–H and O–H groups in total. The summed E-state index contributed by atoms with van der Waals surface area (Å²) < 4.78 is 35.1. The molecule has 0 aliphatic carbocycles. The molecule has 154 valence electrons. The SMILES string of the molecule is C/C=C/Cn1c(N2CCNCC2)nc2cnn(C)c(=O)c21.O=C(O)C(F)(F)F. The molecule has 0 saturated carbocycles. The first-order valence-corrected chi connectivity index (χ1v) is 8.46. The fourth-order valence-electron chi connectivity index (χ4n) is 2.61. The Balaban J connectivity index is 0.000000345. The quantitative estimate of drug-likeness (QED) is 0.730. The number of fused-ring (bicyclic) bond motifs is 1. The predicted octanol–water partition coefficient (Wildman–Crippen LogP) is 0.749. The highest BCUT2D eigenvalue weighted by molar-refractivity contribution is 5.77. The number of hydrogen-bond donors (Lipinski definition) is 2. The van der Waals surface area contributed by atoms with Gasteiger partial charge in [0.1, 0.15) is 11.0 Å². The Labute approximate surface area is 158 Å². The van der Waals surface area contributed by atoms with Crippen molar-refractivity contribution in [1.29, 1.82) is 0 Å². The number of allylic oxidation sites excluding steroid dienone is 2. The summed E-state index contributed by atoms with van der Waals surface area (Å²) in [5, 5.41) is 14.5. The molecule has 1 aliphatic rings. The zero-order valence-corrected chi connectivity index (χ0v) is 15.4. The number of aliphatic carboxylic acids is 1. The number of aryl methyl sites for hydroxylation is 1. The van der Waals surface area contributed by atoms with E-state index in [0.717, 1.165) is 32.1 Å². The number of imidazole rings is 1. The third kappa shape index (κ3) is 4.88. The minimum Gasteiger partial charge on any atom is -0.475 e. The van der Waals surface area contributed by atoms with Crippen molar-refractivity contribution in [2.24, 2.45) is 7.05 Å². The third-order valence-corrected chi connectivity index (χ3v) is 3.99. The van der Waals surface area contributed by atoms with Crippen LogP contribution in [-0.4, -0.2) is 62.8 Å². The summed E-state index contributed by atoms with van der Waals surface area (Å²) >= 11 is 0. The van der Waals surface area contributed by atoms with Crippen molar-refractivity contribution in [2.45, 2.75) is 19.6 Å². The van der Waals surface area contributed by atoms with Crippen LogP contribution in [-0.2, 0) is 18.4 Å². The highest BCUT2D eigenvalue weighted by Crippen LogP contribution is 2.20. The molecule has 0 bridgehead atoms. The normalized spacial score (nSPS) is 15.0. The molecule has 0 unspecified atom stereocenters. The molecule has 9 nitrogen and oxygen atoms in total. The number of anilines is 1. The van der Waals surface area contributed by atoms with Crippen LogP contribution in [0.25, 0.3) is 11.0 Å². The Kier molecular flexibility index (Phi) is 6.78. The monoisotopic (exact) mass is 402 g/mol. The lowest BCUT2D eigenvalue weighted by Crippen LogP contribution is -2.44. The largest absolute Gasteiger partial charge is 0.490 e. The summed E-state index contributed by atoms with van der Waals surface area (Å²) in [7, 11) is 1.67. The second-order valence-electron chi connectivity index (χ2n) is 5.94. The van der Waals surface area contributed by atoms with E-state index in [1.165, 1.54) is 4.68 Å². The molecule has 0 aromatic carbocycles. The van der Waals surface area contributed by atoms with Gasteiger partial charge in [0.05, 0.1) is 6.20 Å². The third-order valence-electron chi connectivity index (χ3n) is 3.99. The molecule has 2 aromatic heterocycles. The summed E-state index contributed by atoms with van der Waals surface area (Å²) in [5.74, 6) is -1.90. The van der Waals surface area contributed by atoms with Crippen LogP contribution < -0.4 is 15.8 Å². The lowest BCUT2D eigenvalue weighted by atomic mass is 10.4. The Morgan fingerprint density at radius 1 is 1.36 bits per heavy atom. The number of halogens is 3. The number of piperazine rings is 1. The number of hydrogen-bond acceptors (Lipinski definition) is 6. The summed E-state index contributed by atoms with van der Waals surface area (Å²) in [6.45, 7) is 6.28. The van der Waals surface area contributed by atoms with Gasteiger partial charge in [-0.25, -0.2) is 14.5 Å². The standard InChI is InChI=1S/C14H20N6O.C2HF3O2/c1-3-4-7-20-12-11(10-16-18(2)13(12)21)17-14(20)19-8-5-15-6-9-19;3-2(4,5)1(6)7/h3-4,10,15H,5-9H2,1-2H3;(H,6,7)/b4-3+;. The number of carboxylic acids is 1. The topological polar surface area (TPSA) is 105 Å². The van der Waals surface area contributed by atoms with Crippen LogP contribution >= 0.6 is 0 Å². The van der Waals surface area contributed by atoms with Crippen LogP contribution in [0.3, 0.4) is 0 Å². The molecular weight excluding hydrogens is 381 g/mol. The van der Waals surface area contributed by atoms with Gasteiger partial charge in [0, 0.05) is 39.8 Å². The number of nitrogens with zero attached hydrogens (tertiary/aromatic N) is 5. The van der Waals surface area contributed by atoms with Gasteiger partial charge in [0.2, 0.25) is 5.95 Å². The zero-order chi connectivity index (χ0) is 20.9. The number of rotatable bonds is 3. The van der Waals surface area contributed by atoms with Crippen molar-refractivity contribution in [2.75, 3.05) is 31.1 Å². The summed E-state index contributed by atoms with van der Waals surface area (Å²) in [5.41, 5.74) is 1.18. The number of carbonyl (C=O) groups is 1. The summed E-state index contributed by atoms with van der Waals surface area (Å²) in [6.07, 6.45) is 0.598. The molecule has 1 aliphatic heterocycles. The fraction of sp³-hybridized carbons (Fsp3) is 0.500. The van der Waals surface area contributed by atoms with Gasteiger partial charge in [0.25, 0.3) is 5.56 Å². The van der Waals surface area contributed by atoms with Gasteiger partial charge >= 0.3 is 12.1 Å². The molecule has 1 saturated heterocycles. The Morgan fingerprint density at radius 3 is 2.50 bits per heavy atom. The molecule has 0 amide bonds. The van der Waals surface area contributed by atoms with Crippen LogP contribution in [0.15, 0.2) is 23.1 Å². The maximum atomic E-state index is 12.4. The molecule has 2 aromatic rings. The highest BCUT2D eigenvalue weighted by atomic mass is 19.4. The van der Waals surface area contributed by atoms with E-state index in [1.54, 1.807) is 13.2 Å². The van der Waals surface area contributed by atoms with E-state index in [0.29, 0.717) is 17.6 Å². The van der Waals surface area contributed by atoms with E-state index in [9.17, 15) is 18.0 Å². The van der Waals surface area contributed by atoms with Crippen molar-refractivity contribution >= 4 is 23.0 Å². The van der Waals surface area contributed by atoms with E-state index in [-0.39, 0.29) is 5.56 Å². The molecule has 28 heavy (non-hydrogen) atoms. The number of nitrogens with one attached hydrogen (secondary N) is 1. The minimum atomic E-state index is -5.08. The van der Waals surface area contributed by atoms with Crippen LogP contribution in [0.1, 0.15) is 6.92 Å². The van der Waals surface area contributed by atoms with Crippen molar-refractivity contribution in [3.8, 4) is 0 Å². The first kappa shape index (κ1) is 21.4. The van der Waals surface area contributed by atoms with E-state index >= 15 is 0 Å². The number of aromatic nitrogens is 4. The van der Waals surface area contributed by atoms with Crippen LogP contribution in [0.4, 0.5) is 19.1 Å². The van der Waals surface area contributed by atoms with Gasteiger partial charge in [0.15, 0.2) is 0 Å². The average Bonchev–Trinajstić information content (AvgIpc) is 3.02. The van der Waals surface area contributed by atoms with Gasteiger partial charge in [-0.05, 0) is 6.92 Å². The average molecular weight is 402 g/mol. The lowest BCUT2D eigenvalue weighted by molar-refractivity contribution is -0.192. The predicted molar refractivity (Wildman–Crippen MR) is 96.4 cm³/mol. The highest BCUT2D eigenvalue weighted by Gasteiger charge is 2.38. The van der Waals surface area contributed by atoms with E-state index in [2.05, 4.69) is 20.3 Å². The first-order chi connectivity index (χ1) is 13.2. The van der Waals surface area contributed by atoms with E-state index in [4.69, 9.17) is 9.90 Å². The van der Waals surface area contributed by atoms with Crippen LogP contribution in [0.2, 0.25) is 0 Å². The molecular formula is C16H21F3N6O3. The maximum Gasteiger partial charge on any atom is 0.490 e. The van der Waals surface area contributed by atoms with Gasteiger partial charge in [-0.15, -0.1) is 0 Å². The van der Waals surface area contributed by atoms with E-state index in [1.807, 2.05) is 23.6 Å². The van der Waals surface area contributed by atoms with Gasteiger partial charge < -0.3 is 19.9 Å². The van der Waals surface area contributed by atoms with Crippen LogP contribution in [0, 0.1) is 0 Å². The molecule has 0 radical (unpaired) electrons. The molecule has 1 fully saturated rings. The van der Waals surface area contributed by atoms with Crippen molar-refractivity contribution < 1.29 is 23.1 Å². The maximum absolute atomic E-state index is 12.4. The number of alkyl halides is 3. The van der Waals surface area contributed by atoms with Crippen molar-refractivity contribution in [3.05, 3.63) is 28.7 Å². The van der Waals surface area contributed by atoms with E-state index < -0.39 is 12.1 Å². The number of carboxylic acid groups (broad SMARTS) is 1. The second kappa shape index (κ2) is 8.87. The van der Waals surface area contributed by atoms with Gasteiger partial charge in [-0.2, -0.15) is 18.3 Å². The first-order valence-electron chi connectivity index (χ1n) is 8.46. The van der Waals surface area contributed by atoms with Gasteiger partial charge in [-0.3, -0.25) is 4.79 Å². The summed E-state index contributed by atoms with van der Waals surface area (Å²) in [6, 6.07) is 0. The molecule has 3 heterocycles. The molecule has 0 atom stereocenters. The fourth-order valence-corrected chi connectivity index (χ4v) is 2.61. The Morgan fingerprint density at radius 2 is 1.96 bits per heavy atom. The minimum absolute atomic E-state index is 0.106. The van der Waals surface area contributed by atoms with Crippen molar-refractivity contribution in [3.63, 3.8) is 0 Å². The van der Waals surface area contributed by atoms with Crippen LogP contribution in [0.5, 0.6) is 0 Å². The smallest absolute Gasteiger partial charge is 0.475 e.